The van der Waals surface area contributed by atoms with Gasteiger partial charge in [0, 0.05) is 16.5 Å². The number of hydrogen-bond donors (Lipinski definition) is 0. The maximum atomic E-state index is 6.12. The summed E-state index contributed by atoms with van der Waals surface area (Å²) in [7, 11) is 0. The molecule has 0 saturated carbocycles. The molecule has 0 atom stereocenters. The third-order valence-electron chi connectivity index (χ3n) is 11.1. The summed E-state index contributed by atoms with van der Waals surface area (Å²) >= 11 is 0. The van der Waals surface area contributed by atoms with Crippen molar-refractivity contribution < 1.29 is 4.74 Å². The van der Waals surface area contributed by atoms with E-state index in [2.05, 4.69) is 170 Å². The maximum Gasteiger partial charge on any atom is 0.119 e. The van der Waals surface area contributed by atoms with E-state index in [1.807, 2.05) is 0 Å². The summed E-state index contributed by atoms with van der Waals surface area (Å²) in [6.45, 7) is 4.88. The standard InChI is InChI=1S/C49H33NO/c1-3-51-33-19-21-37-40(24-33)43-25-41-35-13-7-6-12-34(35)36-20-16-29(2)22-39(36)42(41)26-44(43)45-27-47-38-14-8-9-15-48(38)50(49(47)28-46(37)45)32-18-17-30-10-4-5-11-31(30)23-32/h4-28H,3H2,1-2H3. The van der Waals surface area contributed by atoms with Crippen LogP contribution in [-0.2, 0) is 0 Å². The third-order valence-corrected chi connectivity index (χ3v) is 11.1. The van der Waals surface area contributed by atoms with Crippen LogP contribution >= 0.6 is 0 Å². The van der Waals surface area contributed by atoms with Gasteiger partial charge < -0.3 is 9.30 Å². The topological polar surface area (TPSA) is 14.2 Å². The van der Waals surface area contributed by atoms with Crippen LogP contribution in [0.3, 0.4) is 0 Å². The van der Waals surface area contributed by atoms with Gasteiger partial charge in [0.2, 0.25) is 0 Å². The molecule has 0 N–H and O–H groups in total. The zero-order chi connectivity index (χ0) is 33.8. The molecule has 2 heteroatoms. The first-order chi connectivity index (χ1) is 25.1. The Morgan fingerprint density at radius 1 is 0.392 bits per heavy atom. The molecule has 0 aliphatic rings. The second kappa shape index (κ2) is 10.6. The fraction of sp³-hybridized carbons (Fsp3) is 0.0612. The van der Waals surface area contributed by atoms with Crippen molar-refractivity contribution in [3.05, 3.63) is 157 Å². The van der Waals surface area contributed by atoms with Crippen LogP contribution in [0.1, 0.15) is 12.5 Å². The highest BCUT2D eigenvalue weighted by molar-refractivity contribution is 6.34. The van der Waals surface area contributed by atoms with Crippen molar-refractivity contribution >= 4 is 97.2 Å². The van der Waals surface area contributed by atoms with E-state index in [0.29, 0.717) is 6.61 Å². The number of hydrogen-bond acceptors (Lipinski definition) is 1. The number of benzene rings is 10. The van der Waals surface area contributed by atoms with Crippen LogP contribution in [-0.4, -0.2) is 11.2 Å². The smallest absolute Gasteiger partial charge is 0.119 e. The average Bonchev–Trinajstić information content (AvgIpc) is 3.50. The molecule has 2 nitrogen and oxygen atoms in total. The van der Waals surface area contributed by atoms with Crippen LogP contribution in [0.15, 0.2) is 152 Å². The maximum absolute atomic E-state index is 6.12. The molecule has 1 aromatic heterocycles. The molecule has 10 aromatic carbocycles. The van der Waals surface area contributed by atoms with Gasteiger partial charge in [0.1, 0.15) is 5.75 Å². The van der Waals surface area contributed by atoms with Crippen LogP contribution in [0.2, 0.25) is 0 Å². The molecule has 0 aliphatic heterocycles. The molecular formula is C49H33NO. The van der Waals surface area contributed by atoms with Crippen molar-refractivity contribution in [1.82, 2.24) is 4.57 Å². The number of nitrogens with zero attached hydrogens (tertiary/aromatic N) is 1. The van der Waals surface area contributed by atoms with E-state index in [9.17, 15) is 0 Å². The number of rotatable bonds is 3. The van der Waals surface area contributed by atoms with Gasteiger partial charge >= 0.3 is 0 Å². The first-order valence-electron chi connectivity index (χ1n) is 17.9. The van der Waals surface area contributed by atoms with E-state index in [1.54, 1.807) is 0 Å². The van der Waals surface area contributed by atoms with Crippen molar-refractivity contribution in [2.75, 3.05) is 6.61 Å². The Morgan fingerprint density at radius 2 is 0.941 bits per heavy atom. The fourth-order valence-electron chi connectivity index (χ4n) is 8.85. The number of aryl methyl sites for hydroxylation is 1. The molecule has 51 heavy (non-hydrogen) atoms. The predicted octanol–water partition coefficient (Wildman–Crippen LogP) is 13.6. The second-order valence-electron chi connectivity index (χ2n) is 14.0. The normalized spacial score (nSPS) is 12.2. The quantitative estimate of drug-likeness (QED) is 0.137. The van der Waals surface area contributed by atoms with E-state index in [1.165, 1.54) is 108 Å². The molecule has 1 heterocycles. The van der Waals surface area contributed by atoms with Crippen LogP contribution < -0.4 is 4.74 Å². The lowest BCUT2D eigenvalue weighted by atomic mass is 9.88. The molecule has 0 unspecified atom stereocenters. The zero-order valence-electron chi connectivity index (χ0n) is 28.5. The van der Waals surface area contributed by atoms with Gasteiger partial charge in [-0.2, -0.15) is 0 Å². The van der Waals surface area contributed by atoms with E-state index in [-0.39, 0.29) is 0 Å². The molecule has 0 fully saturated rings. The van der Waals surface area contributed by atoms with Gasteiger partial charge in [-0.05, 0) is 144 Å². The van der Waals surface area contributed by atoms with Crippen molar-refractivity contribution in [1.29, 1.82) is 0 Å². The van der Waals surface area contributed by atoms with Crippen molar-refractivity contribution in [2.24, 2.45) is 0 Å². The summed E-state index contributed by atoms with van der Waals surface area (Å²) in [5.74, 6) is 0.899. The lowest BCUT2D eigenvalue weighted by molar-refractivity contribution is 0.341. The molecule has 11 aromatic rings. The van der Waals surface area contributed by atoms with Crippen molar-refractivity contribution in [2.45, 2.75) is 13.8 Å². The zero-order valence-corrected chi connectivity index (χ0v) is 28.5. The first-order valence-corrected chi connectivity index (χ1v) is 17.9. The fourth-order valence-corrected chi connectivity index (χ4v) is 8.85. The Labute approximate surface area is 294 Å². The Kier molecular flexibility index (Phi) is 5.89. The molecular weight excluding hydrogens is 619 g/mol. The average molecular weight is 652 g/mol. The summed E-state index contributed by atoms with van der Waals surface area (Å²) < 4.78 is 8.57. The van der Waals surface area contributed by atoms with Gasteiger partial charge in [-0.25, -0.2) is 0 Å². The van der Waals surface area contributed by atoms with Crippen LogP contribution in [0.5, 0.6) is 5.75 Å². The first kappa shape index (κ1) is 28.5. The van der Waals surface area contributed by atoms with Crippen LogP contribution in [0.4, 0.5) is 0 Å². The molecule has 0 amide bonds. The van der Waals surface area contributed by atoms with E-state index >= 15 is 0 Å². The number of para-hydroxylation sites is 1. The Bertz CT molecular complexity index is 3270. The predicted molar refractivity (Wildman–Crippen MR) is 219 cm³/mol. The van der Waals surface area contributed by atoms with Gasteiger partial charge in [-0.1, -0.05) is 103 Å². The minimum Gasteiger partial charge on any atom is -0.494 e. The monoisotopic (exact) mass is 651 g/mol. The van der Waals surface area contributed by atoms with Crippen molar-refractivity contribution in [3.8, 4) is 11.4 Å². The van der Waals surface area contributed by atoms with Gasteiger partial charge in [-0.15, -0.1) is 0 Å². The van der Waals surface area contributed by atoms with Gasteiger partial charge in [0.05, 0.1) is 17.6 Å². The highest BCUT2D eigenvalue weighted by atomic mass is 16.5. The SMILES string of the molecule is CCOc1ccc2c(c1)c1cc3c4ccccc4c4ccc(C)cc4c3cc1c1cc3c4ccccc4n(-c4ccc5ccccc5c4)c3cc21. The molecule has 0 bridgehead atoms. The van der Waals surface area contributed by atoms with Crippen LogP contribution in [0, 0.1) is 6.92 Å². The number of fused-ring (bicyclic) bond motifs is 16. The van der Waals surface area contributed by atoms with Gasteiger partial charge in [0.25, 0.3) is 0 Å². The second-order valence-corrected chi connectivity index (χ2v) is 14.0. The third kappa shape index (κ3) is 4.05. The molecule has 0 spiro atoms. The minimum atomic E-state index is 0.627. The van der Waals surface area contributed by atoms with Crippen molar-refractivity contribution in [3.63, 3.8) is 0 Å². The lowest BCUT2D eigenvalue weighted by Crippen LogP contribution is -1.94. The molecule has 0 aliphatic carbocycles. The highest BCUT2D eigenvalue weighted by Crippen LogP contribution is 2.45. The highest BCUT2D eigenvalue weighted by Gasteiger charge is 2.19. The Hall–Kier alpha value is -6.38. The molecule has 11 rings (SSSR count). The minimum absolute atomic E-state index is 0.627. The van der Waals surface area contributed by atoms with E-state index in [0.717, 1.165) is 5.75 Å². The number of aromatic nitrogens is 1. The molecule has 0 radical (unpaired) electrons. The Balaban J connectivity index is 1.35. The van der Waals surface area contributed by atoms with E-state index < -0.39 is 0 Å². The van der Waals surface area contributed by atoms with Gasteiger partial charge in [-0.3, -0.25) is 0 Å². The summed E-state index contributed by atoms with van der Waals surface area (Å²) in [6, 6.07) is 56.5. The summed E-state index contributed by atoms with van der Waals surface area (Å²) in [6.07, 6.45) is 0. The largest absolute Gasteiger partial charge is 0.494 e. The summed E-state index contributed by atoms with van der Waals surface area (Å²) in [5, 5.41) is 20.2. The molecule has 240 valence electrons. The Morgan fingerprint density at radius 3 is 1.73 bits per heavy atom. The van der Waals surface area contributed by atoms with Gasteiger partial charge in [0.15, 0.2) is 0 Å². The number of ether oxygens (including phenoxy) is 1. The van der Waals surface area contributed by atoms with E-state index in [4.69, 9.17) is 4.74 Å². The summed E-state index contributed by atoms with van der Waals surface area (Å²) in [4.78, 5) is 0. The molecule has 0 saturated heterocycles. The summed E-state index contributed by atoms with van der Waals surface area (Å²) in [5.41, 5.74) is 4.86. The van der Waals surface area contributed by atoms with Crippen LogP contribution in [0.25, 0.3) is 103 Å². The lowest BCUT2D eigenvalue weighted by Gasteiger charge is -2.17.